The lowest BCUT2D eigenvalue weighted by Gasteiger charge is -2.35. The Morgan fingerprint density at radius 2 is 0.708 bits per heavy atom. The zero-order valence-corrected chi connectivity index (χ0v) is 36.5. The van der Waals surface area contributed by atoms with Crippen molar-refractivity contribution in [2.45, 2.75) is 24.7 Å². The molecule has 0 bridgehead atoms. The van der Waals surface area contributed by atoms with E-state index in [0.717, 1.165) is 17.1 Å². The molecule has 11 aromatic rings. The SMILES string of the molecule is CC1(C)c2ccccc2-c2ccc(-c3ccc(N(c4ccc5c(c4)C(c4ccccc4)(c4ccccc4)c4ccccc4-5)c4ccc5c6ccccc6c6ccccc6c5c4)cc3)cc21. The van der Waals surface area contributed by atoms with Gasteiger partial charge in [-0.1, -0.05) is 208 Å². The van der Waals surface area contributed by atoms with Gasteiger partial charge in [0, 0.05) is 22.5 Å². The predicted octanol–water partition coefficient (Wildman–Crippen LogP) is 17.0. The quantitative estimate of drug-likeness (QED) is 0.151. The van der Waals surface area contributed by atoms with Gasteiger partial charge in [-0.05, 0) is 142 Å². The minimum absolute atomic E-state index is 0.0633. The van der Waals surface area contributed by atoms with Crippen molar-refractivity contribution < 1.29 is 0 Å². The zero-order chi connectivity index (χ0) is 43.3. The average molecular weight is 828 g/mol. The average Bonchev–Trinajstić information content (AvgIpc) is 3.80. The van der Waals surface area contributed by atoms with E-state index in [0.29, 0.717) is 0 Å². The number of anilines is 3. The van der Waals surface area contributed by atoms with Crippen LogP contribution in [0.15, 0.2) is 237 Å². The summed E-state index contributed by atoms with van der Waals surface area (Å²) in [6.45, 7) is 4.72. The highest BCUT2D eigenvalue weighted by atomic mass is 15.1. The number of hydrogen-bond acceptors (Lipinski definition) is 1. The maximum Gasteiger partial charge on any atom is 0.0714 e. The largest absolute Gasteiger partial charge is 0.310 e. The summed E-state index contributed by atoms with van der Waals surface area (Å²) >= 11 is 0. The highest BCUT2D eigenvalue weighted by molar-refractivity contribution is 6.25. The topological polar surface area (TPSA) is 3.24 Å². The van der Waals surface area contributed by atoms with Crippen LogP contribution in [0.1, 0.15) is 47.2 Å². The molecule has 1 heteroatoms. The molecule has 0 spiro atoms. The Kier molecular flexibility index (Phi) is 8.24. The second-order valence-electron chi connectivity index (χ2n) is 18.4. The molecule has 0 unspecified atom stereocenters. The van der Waals surface area contributed by atoms with E-state index < -0.39 is 5.41 Å². The van der Waals surface area contributed by atoms with Crippen molar-refractivity contribution in [1.82, 2.24) is 0 Å². The molecule has 0 radical (unpaired) electrons. The van der Waals surface area contributed by atoms with E-state index in [1.165, 1.54) is 99.1 Å². The van der Waals surface area contributed by atoms with Gasteiger partial charge in [-0.2, -0.15) is 0 Å². The van der Waals surface area contributed by atoms with Gasteiger partial charge in [0.05, 0.1) is 5.41 Å². The van der Waals surface area contributed by atoms with E-state index in [1.807, 2.05) is 0 Å². The van der Waals surface area contributed by atoms with Crippen LogP contribution >= 0.6 is 0 Å². The standard InChI is InChI=1S/C64H45N/c1-63(2)59-27-15-13-25-54(59)56-36-31-43(39-61(56)63)42-29-32-46(33-30-42)65(47-34-37-53-51-23-10-9-21-49(51)50-22-11-12-24-52(50)58(53)40-47)48-35-38-57-55-26-14-16-28-60(55)64(62(57)41-48,44-17-5-3-6-18-44)45-19-7-4-8-20-45/h3-41H,1-2H3. The molecule has 0 atom stereocenters. The monoisotopic (exact) mass is 827 g/mol. The molecule has 306 valence electrons. The molecular weight excluding hydrogens is 783 g/mol. The van der Waals surface area contributed by atoms with Gasteiger partial charge < -0.3 is 4.90 Å². The Hall–Kier alpha value is -8.00. The van der Waals surface area contributed by atoms with Crippen LogP contribution in [0.4, 0.5) is 17.1 Å². The van der Waals surface area contributed by atoms with Gasteiger partial charge >= 0.3 is 0 Å². The minimum atomic E-state index is -0.514. The molecule has 2 aliphatic carbocycles. The summed E-state index contributed by atoms with van der Waals surface area (Å²) in [6, 6.07) is 88.4. The highest BCUT2D eigenvalue weighted by Gasteiger charge is 2.46. The second kappa shape index (κ2) is 14.3. The smallest absolute Gasteiger partial charge is 0.0714 e. The van der Waals surface area contributed by atoms with E-state index in [-0.39, 0.29) is 5.41 Å². The Balaban J connectivity index is 1.03. The Morgan fingerprint density at radius 3 is 1.35 bits per heavy atom. The maximum atomic E-state index is 2.48. The summed E-state index contributed by atoms with van der Waals surface area (Å²) in [5.74, 6) is 0. The van der Waals surface area contributed by atoms with Crippen LogP contribution in [0, 0.1) is 0 Å². The number of rotatable bonds is 6. The van der Waals surface area contributed by atoms with E-state index in [1.54, 1.807) is 0 Å². The summed E-state index contributed by atoms with van der Waals surface area (Å²) in [6.07, 6.45) is 0. The van der Waals surface area contributed by atoms with Gasteiger partial charge in [-0.25, -0.2) is 0 Å². The lowest BCUT2D eigenvalue weighted by Crippen LogP contribution is -2.28. The van der Waals surface area contributed by atoms with Crippen molar-refractivity contribution in [3.8, 4) is 33.4 Å². The number of fused-ring (bicyclic) bond motifs is 12. The van der Waals surface area contributed by atoms with Crippen molar-refractivity contribution in [3.63, 3.8) is 0 Å². The molecule has 13 rings (SSSR count). The van der Waals surface area contributed by atoms with Crippen molar-refractivity contribution in [1.29, 1.82) is 0 Å². The molecule has 0 heterocycles. The molecule has 0 aliphatic heterocycles. The van der Waals surface area contributed by atoms with Crippen LogP contribution in [0.2, 0.25) is 0 Å². The highest BCUT2D eigenvalue weighted by Crippen LogP contribution is 2.57. The molecule has 0 saturated heterocycles. The van der Waals surface area contributed by atoms with Crippen LogP contribution in [0.25, 0.3) is 65.7 Å². The first-order valence-corrected chi connectivity index (χ1v) is 22.8. The van der Waals surface area contributed by atoms with Gasteiger partial charge in [0.15, 0.2) is 0 Å². The molecule has 0 N–H and O–H groups in total. The maximum absolute atomic E-state index is 2.48. The molecule has 2 aliphatic rings. The second-order valence-corrected chi connectivity index (χ2v) is 18.4. The van der Waals surface area contributed by atoms with E-state index >= 15 is 0 Å². The fourth-order valence-corrected chi connectivity index (χ4v) is 11.7. The molecule has 1 nitrogen and oxygen atoms in total. The fraction of sp³-hybridized carbons (Fsp3) is 0.0625. The molecule has 65 heavy (non-hydrogen) atoms. The van der Waals surface area contributed by atoms with Crippen LogP contribution in [0.5, 0.6) is 0 Å². The summed E-state index contributed by atoms with van der Waals surface area (Å²) in [5.41, 5.74) is 18.3. The van der Waals surface area contributed by atoms with Gasteiger partial charge in [0.1, 0.15) is 0 Å². The van der Waals surface area contributed by atoms with Crippen LogP contribution < -0.4 is 4.90 Å². The number of benzene rings is 11. The third kappa shape index (κ3) is 5.46. The lowest BCUT2D eigenvalue weighted by molar-refractivity contribution is 0.660. The van der Waals surface area contributed by atoms with E-state index in [4.69, 9.17) is 0 Å². The summed E-state index contributed by atoms with van der Waals surface area (Å²) in [5, 5.41) is 7.60. The number of hydrogen-bond donors (Lipinski definition) is 0. The Morgan fingerprint density at radius 1 is 0.277 bits per heavy atom. The fourth-order valence-electron chi connectivity index (χ4n) is 11.7. The Bertz CT molecular complexity index is 3600. The number of nitrogens with zero attached hydrogens (tertiary/aromatic N) is 1. The zero-order valence-electron chi connectivity index (χ0n) is 36.5. The minimum Gasteiger partial charge on any atom is -0.310 e. The Labute approximate surface area is 380 Å². The van der Waals surface area contributed by atoms with Gasteiger partial charge in [-0.3, -0.25) is 0 Å². The molecule has 0 aromatic heterocycles. The van der Waals surface area contributed by atoms with Crippen LogP contribution in [0.3, 0.4) is 0 Å². The molecule has 0 amide bonds. The molecular formula is C64H45N. The third-order valence-corrected chi connectivity index (χ3v) is 14.7. The normalized spacial score (nSPS) is 13.9. The van der Waals surface area contributed by atoms with Gasteiger partial charge in [0.25, 0.3) is 0 Å². The van der Waals surface area contributed by atoms with Gasteiger partial charge in [-0.15, -0.1) is 0 Å². The summed E-state index contributed by atoms with van der Waals surface area (Å²) in [7, 11) is 0. The first-order chi connectivity index (χ1) is 32.0. The van der Waals surface area contributed by atoms with Crippen LogP contribution in [-0.4, -0.2) is 0 Å². The van der Waals surface area contributed by atoms with E-state index in [2.05, 4.69) is 255 Å². The molecule has 0 fully saturated rings. The first kappa shape index (κ1) is 37.5. The van der Waals surface area contributed by atoms with Crippen molar-refractivity contribution in [2.24, 2.45) is 0 Å². The molecule has 0 saturated carbocycles. The van der Waals surface area contributed by atoms with E-state index in [9.17, 15) is 0 Å². The lowest BCUT2D eigenvalue weighted by atomic mass is 9.67. The first-order valence-electron chi connectivity index (χ1n) is 22.8. The summed E-state index contributed by atoms with van der Waals surface area (Å²) < 4.78 is 0. The van der Waals surface area contributed by atoms with Gasteiger partial charge in [0.2, 0.25) is 0 Å². The van der Waals surface area contributed by atoms with Crippen molar-refractivity contribution in [2.75, 3.05) is 4.90 Å². The van der Waals surface area contributed by atoms with Crippen molar-refractivity contribution in [3.05, 3.63) is 270 Å². The third-order valence-electron chi connectivity index (χ3n) is 14.7. The van der Waals surface area contributed by atoms with Crippen LogP contribution in [-0.2, 0) is 10.8 Å². The van der Waals surface area contributed by atoms with Crippen molar-refractivity contribution >= 4 is 49.4 Å². The predicted molar refractivity (Wildman–Crippen MR) is 274 cm³/mol. The molecule has 11 aromatic carbocycles. The summed E-state index contributed by atoms with van der Waals surface area (Å²) in [4.78, 5) is 2.47.